The molecule has 0 unspecified atom stereocenters. The van der Waals surface area contributed by atoms with Crippen LogP contribution in [-0.4, -0.2) is 12.1 Å². The summed E-state index contributed by atoms with van der Waals surface area (Å²) < 4.78 is 0. The molecule has 0 radical (unpaired) electrons. The molecule has 64 valence electrons. The van der Waals surface area contributed by atoms with Gasteiger partial charge < -0.3 is 5.32 Å². The molecule has 1 heteroatoms. The van der Waals surface area contributed by atoms with Crippen LogP contribution in [0.4, 0.5) is 0 Å². The van der Waals surface area contributed by atoms with Gasteiger partial charge in [0.2, 0.25) is 0 Å². The van der Waals surface area contributed by atoms with Crippen molar-refractivity contribution in [1.82, 2.24) is 5.32 Å². The molecule has 0 amide bonds. The Balaban J connectivity index is 2.24. The van der Waals surface area contributed by atoms with E-state index in [1.54, 1.807) is 0 Å². The van der Waals surface area contributed by atoms with Crippen molar-refractivity contribution in [3.05, 3.63) is 0 Å². The Morgan fingerprint density at radius 3 is 2.27 bits per heavy atom. The van der Waals surface area contributed by atoms with Crippen LogP contribution < -0.4 is 5.32 Å². The molecule has 0 spiro atoms. The highest BCUT2D eigenvalue weighted by Gasteiger charge is 2.69. The number of nitrogens with one attached hydrogen (secondary N) is 1. The highest BCUT2D eigenvalue weighted by molar-refractivity contribution is 5.24. The zero-order valence-corrected chi connectivity index (χ0v) is 8.07. The van der Waals surface area contributed by atoms with Crippen LogP contribution >= 0.6 is 0 Å². The lowest BCUT2D eigenvalue weighted by molar-refractivity contribution is 0.242. The molecular weight excluding hydrogens is 134 g/mol. The summed E-state index contributed by atoms with van der Waals surface area (Å²) in [6, 6.07) is 0. The Labute approximate surface area is 69.6 Å². The average Bonchev–Trinajstić information content (AvgIpc) is 2.37. The third-order valence-electron chi connectivity index (χ3n) is 3.91. The standard InChI is InChI=1S/C10H19N/c1-7-8-5-6-11-10(7,8)9(2,3)4/h7-8,11H,5-6H2,1-4H3/t7-,8+,10-/m0/s1. The average molecular weight is 153 g/mol. The maximum absolute atomic E-state index is 3.70. The zero-order valence-electron chi connectivity index (χ0n) is 8.07. The molecule has 1 aliphatic carbocycles. The van der Waals surface area contributed by atoms with Crippen molar-refractivity contribution in [2.24, 2.45) is 17.3 Å². The summed E-state index contributed by atoms with van der Waals surface area (Å²) in [7, 11) is 0. The molecule has 1 aliphatic heterocycles. The van der Waals surface area contributed by atoms with Gasteiger partial charge in [0, 0.05) is 5.54 Å². The molecule has 0 aromatic carbocycles. The monoisotopic (exact) mass is 153 g/mol. The van der Waals surface area contributed by atoms with Crippen LogP contribution in [0.15, 0.2) is 0 Å². The number of rotatable bonds is 0. The number of hydrogen-bond acceptors (Lipinski definition) is 1. The van der Waals surface area contributed by atoms with Gasteiger partial charge in [-0.3, -0.25) is 0 Å². The molecule has 2 aliphatic rings. The normalized spacial score (nSPS) is 49.1. The van der Waals surface area contributed by atoms with E-state index >= 15 is 0 Å². The summed E-state index contributed by atoms with van der Waals surface area (Å²) in [4.78, 5) is 0. The molecule has 0 aromatic rings. The number of fused-ring (bicyclic) bond motifs is 1. The summed E-state index contributed by atoms with van der Waals surface area (Å²) in [5.41, 5.74) is 0.959. The molecule has 2 rings (SSSR count). The highest BCUT2D eigenvalue weighted by Crippen LogP contribution is 2.63. The van der Waals surface area contributed by atoms with Gasteiger partial charge in [0.05, 0.1) is 0 Å². The molecule has 2 fully saturated rings. The third-order valence-corrected chi connectivity index (χ3v) is 3.91. The van der Waals surface area contributed by atoms with E-state index in [1.807, 2.05) is 0 Å². The van der Waals surface area contributed by atoms with Crippen LogP contribution in [0.1, 0.15) is 34.1 Å². The fraction of sp³-hybridized carbons (Fsp3) is 1.00. The molecular formula is C10H19N. The minimum Gasteiger partial charge on any atom is -0.310 e. The Hall–Kier alpha value is -0.0400. The first-order valence-corrected chi connectivity index (χ1v) is 4.75. The quantitative estimate of drug-likeness (QED) is 0.561. The minimum atomic E-state index is 0.452. The van der Waals surface area contributed by atoms with Crippen molar-refractivity contribution in [3.8, 4) is 0 Å². The lowest BCUT2D eigenvalue weighted by Crippen LogP contribution is -2.42. The van der Waals surface area contributed by atoms with Gasteiger partial charge in [-0.25, -0.2) is 0 Å². The lowest BCUT2D eigenvalue weighted by atomic mass is 9.82. The van der Waals surface area contributed by atoms with E-state index in [4.69, 9.17) is 0 Å². The Bertz CT molecular complexity index is 180. The smallest absolute Gasteiger partial charge is 0.0290 e. The summed E-state index contributed by atoms with van der Waals surface area (Å²) >= 11 is 0. The van der Waals surface area contributed by atoms with E-state index in [2.05, 4.69) is 33.0 Å². The van der Waals surface area contributed by atoms with Crippen LogP contribution in [0.5, 0.6) is 0 Å². The Morgan fingerprint density at radius 1 is 1.36 bits per heavy atom. The molecule has 0 aromatic heterocycles. The van der Waals surface area contributed by atoms with Gasteiger partial charge in [0.15, 0.2) is 0 Å². The van der Waals surface area contributed by atoms with E-state index < -0.39 is 0 Å². The maximum Gasteiger partial charge on any atom is 0.0290 e. The minimum absolute atomic E-state index is 0.452. The maximum atomic E-state index is 3.70. The molecule has 1 nitrogen and oxygen atoms in total. The van der Waals surface area contributed by atoms with Crippen molar-refractivity contribution < 1.29 is 0 Å². The van der Waals surface area contributed by atoms with Gasteiger partial charge in [-0.05, 0) is 30.2 Å². The van der Waals surface area contributed by atoms with Crippen molar-refractivity contribution in [2.75, 3.05) is 6.54 Å². The second kappa shape index (κ2) is 1.82. The molecule has 11 heavy (non-hydrogen) atoms. The van der Waals surface area contributed by atoms with E-state index in [1.165, 1.54) is 13.0 Å². The lowest BCUT2D eigenvalue weighted by Gasteiger charge is -2.31. The molecule has 1 saturated heterocycles. The predicted molar refractivity (Wildman–Crippen MR) is 47.5 cm³/mol. The summed E-state index contributed by atoms with van der Waals surface area (Å²) in [6.07, 6.45) is 1.40. The van der Waals surface area contributed by atoms with Gasteiger partial charge in [-0.2, -0.15) is 0 Å². The molecule has 0 bridgehead atoms. The summed E-state index contributed by atoms with van der Waals surface area (Å²) in [5, 5.41) is 3.70. The second-order valence-corrected chi connectivity index (χ2v) is 5.23. The van der Waals surface area contributed by atoms with Crippen molar-refractivity contribution in [2.45, 2.75) is 39.7 Å². The van der Waals surface area contributed by atoms with Gasteiger partial charge in [0.25, 0.3) is 0 Å². The molecule has 3 atom stereocenters. The van der Waals surface area contributed by atoms with Crippen LogP contribution in [0.2, 0.25) is 0 Å². The number of hydrogen-bond donors (Lipinski definition) is 1. The molecule has 1 saturated carbocycles. The topological polar surface area (TPSA) is 12.0 Å². The van der Waals surface area contributed by atoms with Crippen LogP contribution in [0.3, 0.4) is 0 Å². The summed E-state index contributed by atoms with van der Waals surface area (Å²) in [6.45, 7) is 10.7. The van der Waals surface area contributed by atoms with Crippen molar-refractivity contribution >= 4 is 0 Å². The number of piperidine rings is 1. The SMILES string of the molecule is C[C@H]1[C@H]2CCN[C@]21C(C)(C)C. The first-order chi connectivity index (χ1) is 5.00. The first kappa shape index (κ1) is 7.60. The van der Waals surface area contributed by atoms with Gasteiger partial charge in [-0.15, -0.1) is 0 Å². The predicted octanol–water partition coefficient (Wildman–Crippen LogP) is 2.03. The van der Waals surface area contributed by atoms with Gasteiger partial charge >= 0.3 is 0 Å². The second-order valence-electron chi connectivity index (χ2n) is 5.23. The van der Waals surface area contributed by atoms with Crippen molar-refractivity contribution in [3.63, 3.8) is 0 Å². The third kappa shape index (κ3) is 0.703. The van der Waals surface area contributed by atoms with Gasteiger partial charge in [0.1, 0.15) is 0 Å². The van der Waals surface area contributed by atoms with Gasteiger partial charge in [-0.1, -0.05) is 27.7 Å². The van der Waals surface area contributed by atoms with Crippen LogP contribution in [-0.2, 0) is 0 Å². The van der Waals surface area contributed by atoms with Crippen LogP contribution in [0.25, 0.3) is 0 Å². The largest absolute Gasteiger partial charge is 0.310 e. The van der Waals surface area contributed by atoms with E-state index in [-0.39, 0.29) is 0 Å². The van der Waals surface area contributed by atoms with E-state index in [0.29, 0.717) is 11.0 Å². The van der Waals surface area contributed by atoms with Crippen molar-refractivity contribution in [1.29, 1.82) is 0 Å². The first-order valence-electron chi connectivity index (χ1n) is 4.75. The van der Waals surface area contributed by atoms with E-state index in [9.17, 15) is 0 Å². The Morgan fingerprint density at radius 2 is 2.00 bits per heavy atom. The highest BCUT2D eigenvalue weighted by atomic mass is 15.1. The fourth-order valence-electron chi connectivity index (χ4n) is 3.36. The zero-order chi connectivity index (χ0) is 8.28. The molecule has 1 heterocycles. The Kier molecular flexibility index (Phi) is 1.26. The van der Waals surface area contributed by atoms with Crippen LogP contribution in [0, 0.1) is 17.3 Å². The molecule has 1 N–H and O–H groups in total. The van der Waals surface area contributed by atoms with E-state index in [0.717, 1.165) is 11.8 Å². The fourth-order valence-corrected chi connectivity index (χ4v) is 3.36. The summed E-state index contributed by atoms with van der Waals surface area (Å²) in [5.74, 6) is 1.89.